The molecule has 2 fully saturated rings. The molecule has 0 spiro atoms. The van der Waals surface area contributed by atoms with E-state index in [-0.39, 0.29) is 5.60 Å². The summed E-state index contributed by atoms with van der Waals surface area (Å²) < 4.78 is 17.1. The van der Waals surface area contributed by atoms with Crippen LogP contribution in [-0.4, -0.2) is 86.4 Å². The van der Waals surface area contributed by atoms with E-state index in [1.165, 1.54) is 0 Å². The number of hydrogen-bond acceptors (Lipinski definition) is 5. The van der Waals surface area contributed by atoms with E-state index < -0.39 is 11.8 Å². The number of nitrogens with zero attached hydrogens (tertiary/aromatic N) is 2. The zero-order valence-electron chi connectivity index (χ0n) is 14.5. The Balaban J connectivity index is 1.97. The fraction of sp³-hybridized carbons (Fsp3) is 1.00. The lowest BCUT2D eigenvalue weighted by molar-refractivity contribution is -0.242. The molecule has 2 aliphatic heterocycles. The van der Waals surface area contributed by atoms with Gasteiger partial charge in [0.05, 0.1) is 32.0 Å². The quantitative estimate of drug-likeness (QED) is 0.731. The van der Waals surface area contributed by atoms with Crippen LogP contribution >= 0.6 is 0 Å². The van der Waals surface area contributed by atoms with Gasteiger partial charge in [0, 0.05) is 32.7 Å². The van der Waals surface area contributed by atoms with Crippen LogP contribution in [0, 0.1) is 0 Å². The molecule has 2 aliphatic rings. The van der Waals surface area contributed by atoms with Crippen molar-refractivity contribution in [3.8, 4) is 0 Å². The van der Waals surface area contributed by atoms with Gasteiger partial charge >= 0.3 is 0 Å². The van der Waals surface area contributed by atoms with Crippen LogP contribution in [0.15, 0.2) is 0 Å². The third-order valence-electron chi connectivity index (χ3n) is 4.11. The molecule has 0 aromatic rings. The minimum atomic E-state index is -1.17. The SMILES string of the molecule is CC(C)(CN1CCOCC1)OC(N1CCOCC1)C(C)(C)[O]. The standard InChI is InChI=1S/C16H31N2O4/c1-15(2,13-17-5-9-20-10-6-17)22-14(16(3,4)19)18-7-11-21-12-8-18/h14H,5-13H2,1-4H3. The second-order valence-electron chi connectivity index (χ2n) is 7.37. The van der Waals surface area contributed by atoms with Gasteiger partial charge in [-0.2, -0.15) is 0 Å². The zero-order chi connectivity index (χ0) is 16.2. The van der Waals surface area contributed by atoms with Crippen LogP contribution < -0.4 is 0 Å². The Labute approximate surface area is 134 Å². The molecule has 6 nitrogen and oxygen atoms in total. The molecule has 0 aromatic heterocycles. The molecule has 1 radical (unpaired) electrons. The maximum Gasteiger partial charge on any atom is 0.143 e. The van der Waals surface area contributed by atoms with Crippen molar-refractivity contribution in [3.05, 3.63) is 0 Å². The van der Waals surface area contributed by atoms with Crippen molar-refractivity contribution in [1.82, 2.24) is 9.80 Å². The molecule has 2 saturated heterocycles. The van der Waals surface area contributed by atoms with E-state index in [0.717, 1.165) is 45.9 Å². The molecule has 6 heteroatoms. The second kappa shape index (κ2) is 7.55. The average molecular weight is 315 g/mol. The first-order valence-corrected chi connectivity index (χ1v) is 8.28. The van der Waals surface area contributed by atoms with Crippen molar-refractivity contribution in [1.29, 1.82) is 0 Å². The normalized spacial score (nSPS) is 24.4. The lowest BCUT2D eigenvalue weighted by atomic mass is 10.0. The summed E-state index contributed by atoms with van der Waals surface area (Å²) in [5.41, 5.74) is -1.54. The average Bonchev–Trinajstić information content (AvgIpc) is 2.45. The first kappa shape index (κ1) is 18.1. The molecule has 0 aliphatic carbocycles. The highest BCUT2D eigenvalue weighted by molar-refractivity contribution is 4.85. The number of rotatable bonds is 6. The van der Waals surface area contributed by atoms with Crippen LogP contribution in [0.2, 0.25) is 0 Å². The Hall–Kier alpha value is -0.240. The second-order valence-corrected chi connectivity index (χ2v) is 7.37. The highest BCUT2D eigenvalue weighted by Gasteiger charge is 2.40. The van der Waals surface area contributed by atoms with Gasteiger partial charge < -0.3 is 14.2 Å². The molecule has 1 atom stereocenters. The Bertz CT molecular complexity index is 332. The van der Waals surface area contributed by atoms with Crippen LogP contribution in [0.5, 0.6) is 0 Å². The summed E-state index contributed by atoms with van der Waals surface area (Å²) in [6, 6.07) is 0. The summed E-state index contributed by atoms with van der Waals surface area (Å²) in [6.45, 7) is 14.6. The van der Waals surface area contributed by atoms with Gasteiger partial charge in [-0.05, 0) is 27.7 Å². The van der Waals surface area contributed by atoms with Gasteiger partial charge in [0.25, 0.3) is 0 Å². The van der Waals surface area contributed by atoms with E-state index >= 15 is 0 Å². The van der Waals surface area contributed by atoms with Crippen LogP contribution in [-0.2, 0) is 19.3 Å². The maximum absolute atomic E-state index is 12.6. The Morgan fingerprint density at radius 3 is 1.95 bits per heavy atom. The van der Waals surface area contributed by atoms with E-state index in [2.05, 4.69) is 23.6 Å². The summed E-state index contributed by atoms with van der Waals surface area (Å²) in [5, 5.41) is 12.6. The largest absolute Gasteiger partial charge is 0.379 e. The monoisotopic (exact) mass is 315 g/mol. The molecule has 2 heterocycles. The fourth-order valence-electron chi connectivity index (χ4n) is 3.11. The minimum absolute atomic E-state index is 0.373. The topological polar surface area (TPSA) is 54.1 Å². The minimum Gasteiger partial charge on any atom is -0.379 e. The molecule has 1 unspecified atom stereocenters. The van der Waals surface area contributed by atoms with Crippen LogP contribution in [0.4, 0.5) is 0 Å². The highest BCUT2D eigenvalue weighted by Crippen LogP contribution is 2.25. The molecular weight excluding hydrogens is 284 g/mol. The van der Waals surface area contributed by atoms with Crippen LogP contribution in [0.25, 0.3) is 0 Å². The van der Waals surface area contributed by atoms with Gasteiger partial charge in [-0.3, -0.25) is 9.80 Å². The molecule has 0 bridgehead atoms. The first-order chi connectivity index (χ1) is 10.3. The van der Waals surface area contributed by atoms with E-state index in [1.54, 1.807) is 13.8 Å². The number of ether oxygens (including phenoxy) is 3. The maximum atomic E-state index is 12.6. The molecule has 0 saturated carbocycles. The summed E-state index contributed by atoms with van der Waals surface area (Å²) in [6.07, 6.45) is -0.438. The lowest BCUT2D eigenvalue weighted by Gasteiger charge is -2.44. The Morgan fingerprint density at radius 1 is 0.955 bits per heavy atom. The Morgan fingerprint density at radius 2 is 1.45 bits per heavy atom. The fourth-order valence-corrected chi connectivity index (χ4v) is 3.11. The molecule has 0 aromatic carbocycles. The van der Waals surface area contributed by atoms with E-state index in [4.69, 9.17) is 14.2 Å². The Kier molecular flexibility index (Phi) is 6.22. The highest BCUT2D eigenvalue weighted by atomic mass is 16.5. The van der Waals surface area contributed by atoms with Crippen molar-refractivity contribution < 1.29 is 19.3 Å². The van der Waals surface area contributed by atoms with E-state index in [0.29, 0.717) is 13.2 Å². The third-order valence-corrected chi connectivity index (χ3v) is 4.11. The predicted molar refractivity (Wildman–Crippen MR) is 83.4 cm³/mol. The van der Waals surface area contributed by atoms with Crippen molar-refractivity contribution in [2.45, 2.75) is 45.1 Å². The van der Waals surface area contributed by atoms with Crippen molar-refractivity contribution in [2.75, 3.05) is 59.2 Å². The summed E-state index contributed by atoms with van der Waals surface area (Å²) in [7, 11) is 0. The van der Waals surface area contributed by atoms with Gasteiger partial charge in [0.2, 0.25) is 0 Å². The van der Waals surface area contributed by atoms with Crippen molar-refractivity contribution in [2.24, 2.45) is 0 Å². The summed E-state index contributed by atoms with van der Waals surface area (Å²) in [4.78, 5) is 4.47. The molecule has 22 heavy (non-hydrogen) atoms. The van der Waals surface area contributed by atoms with Crippen molar-refractivity contribution in [3.63, 3.8) is 0 Å². The molecule has 129 valence electrons. The van der Waals surface area contributed by atoms with Crippen LogP contribution in [0.1, 0.15) is 27.7 Å². The van der Waals surface area contributed by atoms with Gasteiger partial charge in [-0.25, -0.2) is 5.11 Å². The molecule has 0 N–H and O–H groups in total. The van der Waals surface area contributed by atoms with Gasteiger partial charge in [0.1, 0.15) is 11.8 Å². The zero-order valence-corrected chi connectivity index (χ0v) is 14.5. The van der Waals surface area contributed by atoms with Gasteiger partial charge in [0.15, 0.2) is 0 Å². The third kappa shape index (κ3) is 5.44. The first-order valence-electron chi connectivity index (χ1n) is 8.28. The van der Waals surface area contributed by atoms with Gasteiger partial charge in [-0.15, -0.1) is 0 Å². The van der Waals surface area contributed by atoms with Gasteiger partial charge in [-0.1, -0.05) is 0 Å². The number of hydrogen-bond donors (Lipinski definition) is 0. The van der Waals surface area contributed by atoms with E-state index in [9.17, 15) is 5.11 Å². The smallest absolute Gasteiger partial charge is 0.143 e. The lowest BCUT2D eigenvalue weighted by Crippen LogP contribution is -2.58. The predicted octanol–water partition coefficient (Wildman–Crippen LogP) is 0.981. The molecular formula is C16H31N2O4. The molecule has 2 rings (SSSR count). The molecule has 0 amide bonds. The number of morpholine rings is 2. The van der Waals surface area contributed by atoms with Crippen molar-refractivity contribution >= 4 is 0 Å². The van der Waals surface area contributed by atoms with E-state index in [1.807, 2.05) is 0 Å². The summed E-state index contributed by atoms with van der Waals surface area (Å²) in [5.74, 6) is 0. The summed E-state index contributed by atoms with van der Waals surface area (Å²) >= 11 is 0. The van der Waals surface area contributed by atoms with Crippen LogP contribution in [0.3, 0.4) is 0 Å².